The van der Waals surface area contributed by atoms with E-state index in [1.807, 2.05) is 6.92 Å². The third-order valence-electron chi connectivity index (χ3n) is 4.98. The van der Waals surface area contributed by atoms with Crippen molar-refractivity contribution in [3.63, 3.8) is 0 Å². The average Bonchev–Trinajstić information content (AvgIpc) is 2.76. The Morgan fingerprint density at radius 1 is 1.35 bits per heavy atom. The Labute approximate surface area is 133 Å². The smallest absolute Gasteiger partial charge is 0.323 e. The van der Waals surface area contributed by atoms with E-state index in [0.29, 0.717) is 6.42 Å². The Kier molecular flexibility index (Phi) is 3.92. The second-order valence-corrected chi connectivity index (χ2v) is 6.34. The van der Waals surface area contributed by atoms with Crippen molar-refractivity contribution in [1.82, 2.24) is 10.2 Å². The summed E-state index contributed by atoms with van der Waals surface area (Å²) in [6.07, 6.45) is 3.34. The van der Waals surface area contributed by atoms with E-state index < -0.39 is 29.7 Å². The number of halogens is 1. The molecule has 23 heavy (non-hydrogen) atoms. The molecule has 1 aromatic carbocycles. The summed E-state index contributed by atoms with van der Waals surface area (Å²) in [6.45, 7) is 1.51. The molecule has 6 heteroatoms. The fourth-order valence-corrected chi connectivity index (χ4v) is 3.56. The second-order valence-electron chi connectivity index (χ2n) is 6.34. The number of hydrogen-bond acceptors (Lipinski definition) is 3. The van der Waals surface area contributed by atoms with Gasteiger partial charge in [-0.1, -0.05) is 31.9 Å². The Morgan fingerprint density at radius 2 is 2.09 bits per heavy atom. The molecule has 1 spiro atoms. The molecule has 0 bridgehead atoms. The van der Waals surface area contributed by atoms with Crippen LogP contribution in [0.1, 0.15) is 43.0 Å². The van der Waals surface area contributed by atoms with Gasteiger partial charge in [-0.2, -0.15) is 0 Å². The quantitative estimate of drug-likeness (QED) is 0.688. The molecule has 1 aliphatic carbocycles. The van der Waals surface area contributed by atoms with Crippen LogP contribution in [0.25, 0.3) is 0 Å². The highest BCUT2D eigenvalue weighted by Gasteiger charge is 2.55. The number of hydrogen-bond donors (Lipinski definition) is 1. The first kappa shape index (κ1) is 15.6. The van der Waals surface area contributed by atoms with Crippen LogP contribution in [0.4, 0.5) is 9.18 Å². The van der Waals surface area contributed by atoms with Crippen LogP contribution in [0, 0.1) is 11.7 Å². The lowest BCUT2D eigenvalue weighted by atomic mass is 9.73. The van der Waals surface area contributed by atoms with E-state index in [9.17, 15) is 18.8 Å². The minimum Gasteiger partial charge on any atom is -0.323 e. The maximum absolute atomic E-state index is 13.7. The lowest BCUT2D eigenvalue weighted by molar-refractivity contribution is -0.133. The molecule has 2 aliphatic rings. The minimum atomic E-state index is -0.898. The van der Waals surface area contributed by atoms with Crippen LogP contribution in [0.2, 0.25) is 0 Å². The van der Waals surface area contributed by atoms with Crippen molar-refractivity contribution >= 4 is 17.7 Å². The zero-order chi connectivity index (χ0) is 16.6. The number of Topliss-reactive ketones (excluding diaryl/α,β-unsaturated/α-hetero) is 1. The van der Waals surface area contributed by atoms with Crippen molar-refractivity contribution < 1.29 is 18.8 Å². The summed E-state index contributed by atoms with van der Waals surface area (Å²) < 4.78 is 13.7. The predicted molar refractivity (Wildman–Crippen MR) is 81.3 cm³/mol. The zero-order valence-electron chi connectivity index (χ0n) is 13.0. The molecule has 1 N–H and O–H groups in total. The highest BCUT2D eigenvalue weighted by Crippen LogP contribution is 2.38. The lowest BCUT2D eigenvalue weighted by Crippen LogP contribution is -2.54. The van der Waals surface area contributed by atoms with Gasteiger partial charge in [0.05, 0.1) is 12.1 Å². The Morgan fingerprint density at radius 3 is 2.78 bits per heavy atom. The van der Waals surface area contributed by atoms with Gasteiger partial charge in [0.15, 0.2) is 5.78 Å². The number of ketones is 1. The normalized spacial score (nSPS) is 27.4. The summed E-state index contributed by atoms with van der Waals surface area (Å²) >= 11 is 0. The molecule has 2 fully saturated rings. The number of carbonyl (C=O) groups is 3. The number of urea groups is 1. The molecule has 1 saturated heterocycles. The topological polar surface area (TPSA) is 66.5 Å². The molecule has 3 amide bonds. The summed E-state index contributed by atoms with van der Waals surface area (Å²) in [6, 6.07) is 5.01. The lowest BCUT2D eigenvalue weighted by Gasteiger charge is -2.36. The predicted octanol–water partition coefficient (Wildman–Crippen LogP) is 2.51. The summed E-state index contributed by atoms with van der Waals surface area (Å²) in [5.74, 6) is -1.56. The number of benzene rings is 1. The molecule has 2 atom stereocenters. The van der Waals surface area contributed by atoms with Crippen LogP contribution < -0.4 is 5.32 Å². The van der Waals surface area contributed by atoms with Crippen molar-refractivity contribution in [3.05, 3.63) is 35.6 Å². The zero-order valence-corrected chi connectivity index (χ0v) is 13.0. The van der Waals surface area contributed by atoms with Crippen LogP contribution in [-0.4, -0.2) is 34.7 Å². The minimum absolute atomic E-state index is 0.0289. The van der Waals surface area contributed by atoms with E-state index in [4.69, 9.17) is 0 Å². The van der Waals surface area contributed by atoms with Gasteiger partial charge in [0.25, 0.3) is 5.91 Å². The number of amides is 3. The number of imide groups is 1. The third kappa shape index (κ3) is 2.52. The Bertz CT molecular complexity index is 676. The van der Waals surface area contributed by atoms with Crippen LogP contribution in [-0.2, 0) is 4.79 Å². The molecule has 0 radical (unpaired) electrons. The van der Waals surface area contributed by atoms with Gasteiger partial charge >= 0.3 is 6.03 Å². The van der Waals surface area contributed by atoms with E-state index in [1.165, 1.54) is 18.2 Å². The van der Waals surface area contributed by atoms with Crippen LogP contribution in [0.5, 0.6) is 0 Å². The largest absolute Gasteiger partial charge is 0.325 e. The molecule has 0 unspecified atom stereocenters. The first-order valence-corrected chi connectivity index (χ1v) is 7.87. The van der Waals surface area contributed by atoms with Gasteiger partial charge in [-0.05, 0) is 30.9 Å². The Balaban J connectivity index is 1.81. The van der Waals surface area contributed by atoms with Crippen LogP contribution in [0.15, 0.2) is 24.3 Å². The van der Waals surface area contributed by atoms with Gasteiger partial charge in [0.2, 0.25) is 0 Å². The fourth-order valence-electron chi connectivity index (χ4n) is 3.56. The summed E-state index contributed by atoms with van der Waals surface area (Å²) in [4.78, 5) is 38.1. The molecule has 1 saturated carbocycles. The van der Waals surface area contributed by atoms with Gasteiger partial charge in [-0.3, -0.25) is 14.5 Å². The van der Waals surface area contributed by atoms with E-state index >= 15 is 0 Å². The molecule has 5 nitrogen and oxygen atoms in total. The molecule has 1 aliphatic heterocycles. The highest BCUT2D eigenvalue weighted by molar-refractivity contribution is 6.11. The molecular weight excluding hydrogens is 299 g/mol. The second kappa shape index (κ2) is 5.76. The maximum Gasteiger partial charge on any atom is 0.325 e. The van der Waals surface area contributed by atoms with Crippen LogP contribution >= 0.6 is 0 Å². The van der Waals surface area contributed by atoms with Gasteiger partial charge in [-0.15, -0.1) is 0 Å². The van der Waals surface area contributed by atoms with Crippen molar-refractivity contribution in [2.24, 2.45) is 5.92 Å². The first-order chi connectivity index (χ1) is 11.0. The van der Waals surface area contributed by atoms with E-state index in [1.54, 1.807) is 6.07 Å². The van der Waals surface area contributed by atoms with Crippen molar-refractivity contribution in [3.8, 4) is 0 Å². The summed E-state index contributed by atoms with van der Waals surface area (Å²) in [7, 11) is 0. The van der Waals surface area contributed by atoms with Gasteiger partial charge in [0, 0.05) is 0 Å². The van der Waals surface area contributed by atoms with E-state index in [0.717, 1.165) is 24.2 Å². The molecular formula is C17H19FN2O3. The van der Waals surface area contributed by atoms with Crippen molar-refractivity contribution in [2.75, 3.05) is 6.54 Å². The number of carbonyl (C=O) groups excluding carboxylic acids is 3. The van der Waals surface area contributed by atoms with Gasteiger partial charge < -0.3 is 5.32 Å². The van der Waals surface area contributed by atoms with E-state index in [-0.39, 0.29) is 17.4 Å². The summed E-state index contributed by atoms with van der Waals surface area (Å²) in [5.41, 5.74) is -1.00. The molecule has 0 aromatic heterocycles. The van der Waals surface area contributed by atoms with Crippen LogP contribution in [0.3, 0.4) is 0 Å². The standard InChI is InChI=1S/C17H19FN2O3/c1-11-6-4-5-9-17(11)15(22)20(16(23)19-17)10-14(21)12-7-2-3-8-13(12)18/h2-3,7-8,11H,4-6,9-10H2,1H3,(H,19,23)/t11-,17+/m0/s1. The summed E-state index contributed by atoms with van der Waals surface area (Å²) in [5, 5.41) is 2.78. The van der Waals surface area contributed by atoms with Crippen molar-refractivity contribution in [1.29, 1.82) is 0 Å². The maximum atomic E-state index is 13.7. The fraction of sp³-hybridized carbons (Fsp3) is 0.471. The molecule has 1 heterocycles. The monoisotopic (exact) mass is 318 g/mol. The SMILES string of the molecule is C[C@H]1CCCC[C@@]12NC(=O)N(CC(=O)c1ccccc1F)C2=O. The van der Waals surface area contributed by atoms with Gasteiger partial charge in [-0.25, -0.2) is 9.18 Å². The molecule has 3 rings (SSSR count). The van der Waals surface area contributed by atoms with Crippen molar-refractivity contribution in [2.45, 2.75) is 38.1 Å². The third-order valence-corrected chi connectivity index (χ3v) is 4.98. The average molecular weight is 318 g/mol. The Hall–Kier alpha value is -2.24. The number of nitrogens with one attached hydrogen (secondary N) is 1. The molecule has 122 valence electrons. The highest BCUT2D eigenvalue weighted by atomic mass is 19.1. The number of nitrogens with zero attached hydrogens (tertiary/aromatic N) is 1. The van der Waals surface area contributed by atoms with Gasteiger partial charge in [0.1, 0.15) is 11.4 Å². The molecule has 1 aromatic rings. The van der Waals surface area contributed by atoms with E-state index in [2.05, 4.69) is 5.32 Å². The first-order valence-electron chi connectivity index (χ1n) is 7.87. The number of rotatable bonds is 3.